The van der Waals surface area contributed by atoms with E-state index in [9.17, 15) is 0 Å². The van der Waals surface area contributed by atoms with Gasteiger partial charge in [0.25, 0.3) is 17.9 Å². The summed E-state index contributed by atoms with van der Waals surface area (Å²) in [6.07, 6.45) is 1.46. The van der Waals surface area contributed by atoms with Crippen LogP contribution in [0, 0.1) is 0 Å². The summed E-state index contributed by atoms with van der Waals surface area (Å²) in [7, 11) is 0. The smallest absolute Gasteiger partial charge is 0.300 e. The summed E-state index contributed by atoms with van der Waals surface area (Å²) in [5.74, 6) is -2.50. The number of carboxylic acids is 3. The maximum absolute atomic E-state index is 9.00. The molecule has 0 amide bonds. The first-order chi connectivity index (χ1) is 9.50. The summed E-state index contributed by atoms with van der Waals surface area (Å²) in [5, 5.41) is 47.6. The highest BCUT2D eigenvalue weighted by atomic mass is 16.4. The molecule has 0 rings (SSSR count). The Hall–Kier alpha value is -1.71. The average Bonchev–Trinajstić information content (AvgIpc) is 2.26. The number of unbranched alkanes of at least 4 members (excludes halogenated alkanes) is 1. The maximum atomic E-state index is 9.00. The molecule has 0 aliphatic carbocycles. The number of rotatable bonds is 5. The Morgan fingerprint density at radius 2 is 1.10 bits per heavy atom. The second-order valence-corrected chi connectivity index (χ2v) is 3.61. The molecule has 0 aromatic heterocycles. The summed E-state index contributed by atoms with van der Waals surface area (Å²) in [6.45, 7) is 3.24. The zero-order chi connectivity index (χ0) is 17.8. The highest BCUT2D eigenvalue weighted by molar-refractivity contribution is 5.63. The van der Waals surface area contributed by atoms with E-state index in [1.165, 1.54) is 0 Å². The third-order valence-corrected chi connectivity index (χ3v) is 1.16. The first-order valence-electron chi connectivity index (χ1n) is 5.99. The van der Waals surface area contributed by atoms with Crippen molar-refractivity contribution in [2.45, 2.75) is 46.1 Å². The van der Waals surface area contributed by atoms with Gasteiger partial charge in [0.2, 0.25) is 0 Å². The molecule has 1 unspecified atom stereocenters. The molecule has 9 nitrogen and oxygen atoms in total. The van der Waals surface area contributed by atoms with Gasteiger partial charge in [0.15, 0.2) is 0 Å². The van der Waals surface area contributed by atoms with E-state index in [-0.39, 0.29) is 13.2 Å². The Labute approximate surface area is 123 Å². The lowest BCUT2D eigenvalue weighted by Crippen LogP contribution is -2.11. The molecule has 0 bridgehead atoms. The van der Waals surface area contributed by atoms with Gasteiger partial charge in [-0.2, -0.15) is 0 Å². The third kappa shape index (κ3) is 173. The van der Waals surface area contributed by atoms with E-state index >= 15 is 0 Å². The van der Waals surface area contributed by atoms with E-state index in [1.54, 1.807) is 0 Å². The summed E-state index contributed by atoms with van der Waals surface area (Å²) in [6, 6.07) is 0. The van der Waals surface area contributed by atoms with Crippen molar-refractivity contribution >= 4 is 17.9 Å². The predicted octanol–water partition coefficient (Wildman–Crippen LogP) is -0.225. The largest absolute Gasteiger partial charge is 0.481 e. The SMILES string of the molecule is CC(=O)O.CC(=O)O.CC(=O)O.OCCCCC(O)CO. The first-order valence-corrected chi connectivity index (χ1v) is 5.99. The number of aliphatic hydroxyl groups excluding tert-OH is 3. The number of carbonyl (C=O) groups is 3. The molecule has 0 saturated heterocycles. The van der Waals surface area contributed by atoms with Crippen molar-refractivity contribution in [3.63, 3.8) is 0 Å². The lowest BCUT2D eigenvalue weighted by molar-refractivity contribution is -0.135. The molecule has 0 spiro atoms. The molecule has 0 saturated carbocycles. The number of carboxylic acid groups (broad SMARTS) is 3. The minimum absolute atomic E-state index is 0.165. The molecule has 128 valence electrons. The van der Waals surface area contributed by atoms with Gasteiger partial charge in [-0.15, -0.1) is 0 Å². The molecule has 6 N–H and O–H groups in total. The molecule has 1 atom stereocenters. The van der Waals surface area contributed by atoms with Gasteiger partial charge < -0.3 is 30.6 Å². The Kier molecular flexibility index (Phi) is 30.7. The number of aliphatic hydroxyl groups is 3. The highest BCUT2D eigenvalue weighted by Crippen LogP contribution is 1.98. The van der Waals surface area contributed by atoms with Crippen molar-refractivity contribution in [1.29, 1.82) is 0 Å². The summed E-state index contributed by atoms with van der Waals surface area (Å²) >= 11 is 0. The van der Waals surface area contributed by atoms with Gasteiger partial charge in [-0.05, 0) is 19.3 Å². The van der Waals surface area contributed by atoms with Gasteiger partial charge in [0.1, 0.15) is 0 Å². The Morgan fingerprint density at radius 3 is 1.29 bits per heavy atom. The Bertz CT molecular complexity index is 213. The van der Waals surface area contributed by atoms with Crippen molar-refractivity contribution in [3.05, 3.63) is 0 Å². The van der Waals surface area contributed by atoms with Gasteiger partial charge in [0, 0.05) is 27.4 Å². The third-order valence-electron chi connectivity index (χ3n) is 1.16. The summed E-state index contributed by atoms with van der Waals surface area (Å²) < 4.78 is 0. The lowest BCUT2D eigenvalue weighted by Gasteiger charge is -2.03. The fourth-order valence-electron chi connectivity index (χ4n) is 0.583. The number of hydrogen-bond acceptors (Lipinski definition) is 6. The van der Waals surface area contributed by atoms with Crippen molar-refractivity contribution in [3.8, 4) is 0 Å². The zero-order valence-corrected chi connectivity index (χ0v) is 12.5. The minimum Gasteiger partial charge on any atom is -0.481 e. The van der Waals surface area contributed by atoms with Crippen LogP contribution in [-0.4, -0.2) is 67.9 Å². The number of aliphatic carboxylic acids is 3. The molecule has 9 heteroatoms. The first kappa shape index (κ1) is 27.6. The van der Waals surface area contributed by atoms with Gasteiger partial charge in [-0.3, -0.25) is 14.4 Å². The van der Waals surface area contributed by atoms with E-state index in [4.69, 9.17) is 45.0 Å². The lowest BCUT2D eigenvalue weighted by atomic mass is 10.2. The van der Waals surface area contributed by atoms with Gasteiger partial charge >= 0.3 is 0 Å². The molecule has 0 radical (unpaired) electrons. The standard InChI is InChI=1S/C6H14O3.3C2H4O2/c7-4-2-1-3-6(9)5-8;3*1-2(3)4/h6-9H,1-5H2;3*1H3,(H,3,4). The summed E-state index contributed by atoms with van der Waals surface area (Å²) in [4.78, 5) is 27.0. The monoisotopic (exact) mass is 314 g/mol. The van der Waals surface area contributed by atoms with Gasteiger partial charge in [0.05, 0.1) is 12.7 Å². The normalized spacial score (nSPS) is 9.43. The molecule has 0 aromatic rings. The fraction of sp³-hybridized carbons (Fsp3) is 0.750. The topological polar surface area (TPSA) is 173 Å². The molecular formula is C12H26O9. The summed E-state index contributed by atoms with van der Waals surface area (Å²) in [5.41, 5.74) is 0. The van der Waals surface area contributed by atoms with Crippen molar-refractivity contribution < 1.29 is 45.0 Å². The van der Waals surface area contributed by atoms with Crippen LogP contribution < -0.4 is 0 Å². The van der Waals surface area contributed by atoms with E-state index in [2.05, 4.69) is 0 Å². The zero-order valence-electron chi connectivity index (χ0n) is 12.5. The van der Waals surface area contributed by atoms with Crippen LogP contribution in [0.2, 0.25) is 0 Å². The maximum Gasteiger partial charge on any atom is 0.300 e. The second-order valence-electron chi connectivity index (χ2n) is 3.61. The average molecular weight is 314 g/mol. The van der Waals surface area contributed by atoms with E-state index in [0.717, 1.165) is 27.2 Å². The highest BCUT2D eigenvalue weighted by Gasteiger charge is 1.99. The molecule has 0 aromatic carbocycles. The van der Waals surface area contributed by atoms with Crippen LogP contribution in [0.25, 0.3) is 0 Å². The van der Waals surface area contributed by atoms with Crippen LogP contribution >= 0.6 is 0 Å². The van der Waals surface area contributed by atoms with Crippen LogP contribution in [0.5, 0.6) is 0 Å². The molecule has 0 aliphatic rings. The van der Waals surface area contributed by atoms with E-state index in [0.29, 0.717) is 12.8 Å². The quantitative estimate of drug-likeness (QED) is 0.375. The Balaban J connectivity index is -0.000000102. The van der Waals surface area contributed by atoms with Crippen molar-refractivity contribution in [1.82, 2.24) is 0 Å². The van der Waals surface area contributed by atoms with Crippen LogP contribution in [-0.2, 0) is 14.4 Å². The van der Waals surface area contributed by atoms with Crippen LogP contribution in [0.4, 0.5) is 0 Å². The molecule has 0 aliphatic heterocycles. The molecule has 21 heavy (non-hydrogen) atoms. The van der Waals surface area contributed by atoms with Crippen LogP contribution in [0.15, 0.2) is 0 Å². The van der Waals surface area contributed by atoms with Crippen molar-refractivity contribution in [2.75, 3.05) is 13.2 Å². The molecule has 0 heterocycles. The predicted molar refractivity (Wildman–Crippen MR) is 74.0 cm³/mol. The minimum atomic E-state index is -0.833. The second kappa shape index (κ2) is 23.4. The molecular weight excluding hydrogens is 288 g/mol. The Morgan fingerprint density at radius 1 is 0.810 bits per heavy atom. The van der Waals surface area contributed by atoms with Crippen molar-refractivity contribution in [2.24, 2.45) is 0 Å². The van der Waals surface area contributed by atoms with E-state index < -0.39 is 24.0 Å². The van der Waals surface area contributed by atoms with E-state index in [1.807, 2.05) is 0 Å². The van der Waals surface area contributed by atoms with Gasteiger partial charge in [-0.25, -0.2) is 0 Å². The van der Waals surface area contributed by atoms with Crippen LogP contribution in [0.1, 0.15) is 40.0 Å². The number of hydrogen-bond donors (Lipinski definition) is 6. The molecule has 0 fully saturated rings. The fourth-order valence-corrected chi connectivity index (χ4v) is 0.583. The van der Waals surface area contributed by atoms with Gasteiger partial charge in [-0.1, -0.05) is 0 Å². The van der Waals surface area contributed by atoms with Crippen LogP contribution in [0.3, 0.4) is 0 Å².